The molecule has 8 heteroatoms. The van der Waals surface area contributed by atoms with Crippen LogP contribution in [-0.4, -0.2) is 25.2 Å². The summed E-state index contributed by atoms with van der Waals surface area (Å²) in [7, 11) is 0. The number of rotatable bonds is 6. The Balaban J connectivity index is 0.000000638. The fourth-order valence-corrected chi connectivity index (χ4v) is 4.11. The van der Waals surface area contributed by atoms with Crippen LogP contribution in [0.5, 0.6) is 0 Å². The SMILES string of the molecule is O=[N+]([O-])O.[Zn].c1ccc(CN(Cc2ccccn2)Cc2c3ccccc3cc3ccccc23)nc1. The molecular formula is C27H24N4O3Zn. The molecule has 2 aromatic heterocycles. The van der Waals surface area contributed by atoms with Gasteiger partial charge in [0.05, 0.1) is 11.4 Å². The van der Waals surface area contributed by atoms with Crippen molar-refractivity contribution in [3.63, 3.8) is 0 Å². The van der Waals surface area contributed by atoms with Gasteiger partial charge >= 0.3 is 0 Å². The molecule has 0 bridgehead atoms. The topological polar surface area (TPSA) is 92.4 Å². The zero-order chi connectivity index (χ0) is 23.8. The Hall–Kier alpha value is -3.74. The van der Waals surface area contributed by atoms with E-state index in [-0.39, 0.29) is 19.5 Å². The van der Waals surface area contributed by atoms with E-state index >= 15 is 0 Å². The van der Waals surface area contributed by atoms with E-state index in [1.807, 2.05) is 24.5 Å². The molecule has 0 saturated carbocycles. The van der Waals surface area contributed by atoms with Crippen molar-refractivity contribution in [2.75, 3.05) is 0 Å². The summed E-state index contributed by atoms with van der Waals surface area (Å²) in [5.41, 5.74) is 3.49. The normalized spacial score (nSPS) is 10.4. The van der Waals surface area contributed by atoms with E-state index in [4.69, 9.17) is 15.3 Å². The van der Waals surface area contributed by atoms with Crippen molar-refractivity contribution in [2.24, 2.45) is 0 Å². The van der Waals surface area contributed by atoms with Gasteiger partial charge in [0.25, 0.3) is 5.09 Å². The minimum absolute atomic E-state index is 0. The largest absolute Gasteiger partial charge is 0.328 e. The molecular weight excluding hydrogens is 494 g/mol. The molecule has 2 heterocycles. The summed E-state index contributed by atoms with van der Waals surface area (Å²) in [5.74, 6) is 0. The summed E-state index contributed by atoms with van der Waals surface area (Å²) in [5, 5.41) is 18.8. The Labute approximate surface area is 215 Å². The van der Waals surface area contributed by atoms with E-state index in [0.29, 0.717) is 0 Å². The summed E-state index contributed by atoms with van der Waals surface area (Å²) in [4.78, 5) is 19.9. The molecule has 3 aromatic carbocycles. The van der Waals surface area contributed by atoms with E-state index in [1.165, 1.54) is 27.1 Å². The van der Waals surface area contributed by atoms with Gasteiger partial charge in [0.1, 0.15) is 0 Å². The van der Waals surface area contributed by atoms with Crippen LogP contribution in [0.3, 0.4) is 0 Å². The van der Waals surface area contributed by atoms with Crippen molar-refractivity contribution in [3.05, 3.63) is 130 Å². The standard InChI is InChI=1S/C27H23N3.HNO3.Zn/c1-3-13-25-21(9-1)17-22-10-2-4-14-26(22)27(25)20-30(18-23-11-5-7-15-28-23)19-24-12-6-8-16-29-24;2-1(3)4;/h1-17H,18-20H2;(H,2,3,4);. The molecule has 7 nitrogen and oxygen atoms in total. The van der Waals surface area contributed by atoms with Crippen LogP contribution in [0.1, 0.15) is 17.0 Å². The first-order valence-electron chi connectivity index (χ1n) is 10.8. The molecule has 0 atom stereocenters. The van der Waals surface area contributed by atoms with E-state index in [0.717, 1.165) is 31.0 Å². The molecule has 0 fully saturated rings. The first kappa shape index (κ1) is 25.9. The van der Waals surface area contributed by atoms with Gasteiger partial charge in [-0.05, 0) is 57.4 Å². The van der Waals surface area contributed by atoms with Crippen LogP contribution in [0.15, 0.2) is 103 Å². The van der Waals surface area contributed by atoms with E-state index in [2.05, 4.69) is 93.7 Å². The molecule has 35 heavy (non-hydrogen) atoms. The fourth-order valence-electron chi connectivity index (χ4n) is 4.11. The van der Waals surface area contributed by atoms with Gasteiger partial charge in [0.2, 0.25) is 0 Å². The Morgan fingerprint density at radius 3 is 1.57 bits per heavy atom. The average molecular weight is 518 g/mol. The van der Waals surface area contributed by atoms with Crippen LogP contribution < -0.4 is 0 Å². The Morgan fingerprint density at radius 1 is 0.714 bits per heavy atom. The molecule has 5 aromatic rings. The van der Waals surface area contributed by atoms with E-state index in [9.17, 15) is 0 Å². The molecule has 172 valence electrons. The predicted octanol–water partition coefficient (Wildman–Crippen LogP) is 5.64. The van der Waals surface area contributed by atoms with Gasteiger partial charge in [0, 0.05) is 51.5 Å². The minimum Gasteiger partial charge on any atom is -0.328 e. The number of pyridine rings is 2. The monoisotopic (exact) mass is 516 g/mol. The fraction of sp³-hybridized carbons (Fsp3) is 0.111. The molecule has 0 spiro atoms. The van der Waals surface area contributed by atoms with Crippen molar-refractivity contribution in [2.45, 2.75) is 19.6 Å². The van der Waals surface area contributed by atoms with Gasteiger partial charge in [0.15, 0.2) is 0 Å². The maximum Gasteiger partial charge on any atom is 0.291 e. The predicted molar refractivity (Wildman–Crippen MR) is 132 cm³/mol. The second-order valence-electron chi connectivity index (χ2n) is 7.82. The summed E-state index contributed by atoms with van der Waals surface area (Å²) < 4.78 is 0. The maximum absolute atomic E-state index is 8.36. The van der Waals surface area contributed by atoms with Crippen LogP contribution in [0, 0.1) is 10.1 Å². The number of hydrogen-bond donors (Lipinski definition) is 1. The van der Waals surface area contributed by atoms with E-state index in [1.54, 1.807) is 0 Å². The average Bonchev–Trinajstić information content (AvgIpc) is 2.85. The molecule has 0 aliphatic rings. The van der Waals surface area contributed by atoms with Crippen molar-refractivity contribution in [3.8, 4) is 0 Å². The van der Waals surface area contributed by atoms with Gasteiger partial charge in [-0.2, -0.15) is 0 Å². The van der Waals surface area contributed by atoms with Crippen molar-refractivity contribution < 1.29 is 29.8 Å². The number of nitrogens with zero attached hydrogens (tertiary/aromatic N) is 4. The summed E-state index contributed by atoms with van der Waals surface area (Å²) in [6.45, 7) is 2.37. The number of hydrogen-bond acceptors (Lipinski definition) is 5. The summed E-state index contributed by atoms with van der Waals surface area (Å²) in [6.07, 6.45) is 3.73. The first-order chi connectivity index (χ1) is 16.6. The molecule has 0 saturated heterocycles. The zero-order valence-electron chi connectivity index (χ0n) is 19.2. The molecule has 0 aliphatic carbocycles. The van der Waals surface area contributed by atoms with Gasteiger partial charge in [-0.3, -0.25) is 14.9 Å². The number of fused-ring (bicyclic) bond motifs is 2. The molecule has 0 unspecified atom stereocenters. The van der Waals surface area contributed by atoms with Crippen LogP contribution >= 0.6 is 0 Å². The first-order valence-corrected chi connectivity index (χ1v) is 10.8. The molecule has 0 aliphatic heterocycles. The Kier molecular flexibility index (Phi) is 9.35. The third-order valence-corrected chi connectivity index (χ3v) is 5.49. The molecule has 5 rings (SSSR count). The van der Waals surface area contributed by atoms with Gasteiger partial charge in [-0.25, -0.2) is 0 Å². The van der Waals surface area contributed by atoms with Crippen molar-refractivity contribution in [1.29, 1.82) is 0 Å². The van der Waals surface area contributed by atoms with Gasteiger partial charge < -0.3 is 5.21 Å². The Morgan fingerprint density at radius 2 is 1.14 bits per heavy atom. The summed E-state index contributed by atoms with van der Waals surface area (Å²) in [6, 6.07) is 31.8. The minimum atomic E-state index is -1.50. The van der Waals surface area contributed by atoms with Gasteiger partial charge in [-0.1, -0.05) is 60.7 Å². The third kappa shape index (κ3) is 7.12. The molecule has 0 amide bonds. The Bertz CT molecular complexity index is 1290. The maximum atomic E-state index is 8.36. The summed E-state index contributed by atoms with van der Waals surface area (Å²) >= 11 is 0. The van der Waals surface area contributed by atoms with Crippen molar-refractivity contribution >= 4 is 21.5 Å². The van der Waals surface area contributed by atoms with Crippen LogP contribution in [0.25, 0.3) is 21.5 Å². The second kappa shape index (κ2) is 12.6. The van der Waals surface area contributed by atoms with Gasteiger partial charge in [-0.15, -0.1) is 10.1 Å². The van der Waals surface area contributed by atoms with Crippen LogP contribution in [-0.2, 0) is 39.1 Å². The van der Waals surface area contributed by atoms with E-state index < -0.39 is 5.09 Å². The molecule has 0 radical (unpaired) electrons. The van der Waals surface area contributed by atoms with Crippen LogP contribution in [0.4, 0.5) is 0 Å². The molecule has 1 N–H and O–H groups in total. The van der Waals surface area contributed by atoms with Crippen molar-refractivity contribution in [1.82, 2.24) is 14.9 Å². The van der Waals surface area contributed by atoms with Crippen LogP contribution in [0.2, 0.25) is 0 Å². The quantitative estimate of drug-likeness (QED) is 0.136. The smallest absolute Gasteiger partial charge is 0.291 e. The zero-order valence-corrected chi connectivity index (χ0v) is 22.2. The number of benzene rings is 3. The number of aromatic nitrogens is 2. The third-order valence-electron chi connectivity index (χ3n) is 5.49. The second-order valence-corrected chi connectivity index (χ2v) is 7.82.